The van der Waals surface area contributed by atoms with Gasteiger partial charge in [-0.05, 0) is 47.5 Å². The van der Waals surface area contributed by atoms with E-state index in [0.717, 1.165) is 5.56 Å². The molecule has 0 bridgehead atoms. The maximum Gasteiger partial charge on any atom is 0.151 e. The van der Waals surface area contributed by atoms with Crippen LogP contribution in [-0.2, 0) is 6.42 Å². The zero-order chi connectivity index (χ0) is 19.6. The third kappa shape index (κ3) is 6.14. The Morgan fingerprint density at radius 2 is 1.44 bits per heavy atom. The van der Waals surface area contributed by atoms with Gasteiger partial charge in [0.25, 0.3) is 0 Å². The quantitative estimate of drug-likeness (QED) is 0.651. The lowest BCUT2D eigenvalue weighted by Gasteiger charge is -2.07. The second-order valence-electron chi connectivity index (χ2n) is 5.36. The summed E-state index contributed by atoms with van der Waals surface area (Å²) in [7, 11) is 0. The largest absolute Gasteiger partial charge is 0.207 e. The van der Waals surface area contributed by atoms with E-state index >= 15 is 0 Å². The maximum absolute atomic E-state index is 12.8. The molecule has 1 unspecified atom stereocenters. The zero-order valence-corrected chi connectivity index (χ0v) is 14.7. The van der Waals surface area contributed by atoms with E-state index in [1.54, 1.807) is 36.4 Å². The van der Waals surface area contributed by atoms with Crippen LogP contribution < -0.4 is 0 Å². The van der Waals surface area contributed by atoms with Crippen molar-refractivity contribution in [2.45, 2.75) is 12.3 Å². The van der Waals surface area contributed by atoms with Crippen molar-refractivity contribution in [1.29, 1.82) is 10.5 Å². The fourth-order valence-corrected chi connectivity index (χ4v) is 2.24. The van der Waals surface area contributed by atoms with E-state index in [9.17, 15) is 8.78 Å². The van der Waals surface area contributed by atoms with E-state index in [2.05, 4.69) is 16.3 Å². The predicted molar refractivity (Wildman–Crippen MR) is 96.6 cm³/mol. The third-order valence-corrected chi connectivity index (χ3v) is 3.68. The molecule has 7 heteroatoms. The number of hydrogen-bond acceptors (Lipinski definition) is 4. The molecular weight excluding hydrogens is 370 g/mol. The molecule has 1 aromatic heterocycles. The van der Waals surface area contributed by atoms with Crippen molar-refractivity contribution in [3.8, 4) is 12.1 Å². The molecule has 0 amide bonds. The highest BCUT2D eigenvalue weighted by Gasteiger charge is 2.15. The summed E-state index contributed by atoms with van der Waals surface area (Å²) < 4.78 is 25.0. The van der Waals surface area contributed by atoms with Gasteiger partial charge in [-0.2, -0.15) is 15.6 Å². The van der Waals surface area contributed by atoms with Crippen molar-refractivity contribution in [3.05, 3.63) is 94.3 Å². The Morgan fingerprint density at radius 3 is 1.93 bits per heavy atom. The summed E-state index contributed by atoms with van der Waals surface area (Å²) in [5.74, 6) is -1.17. The standard InChI is InChI=1S/C12H7ClFN3.C8H6FN/c13-12-6-5-11(16-17-12)10(7-15)8-1-3-9(14)4-2-8;9-8-3-1-7(2-4-8)5-6-10/h1-6,10H;1-4H,5H2. The molecule has 0 N–H and O–H groups in total. The summed E-state index contributed by atoms with van der Waals surface area (Å²) in [6, 6.07) is 18.9. The van der Waals surface area contributed by atoms with Crippen LogP contribution in [0.15, 0.2) is 60.7 Å². The normalized spacial score (nSPS) is 10.7. The van der Waals surface area contributed by atoms with Gasteiger partial charge in [-0.3, -0.25) is 0 Å². The molecule has 0 saturated carbocycles. The van der Waals surface area contributed by atoms with Gasteiger partial charge in [0, 0.05) is 0 Å². The van der Waals surface area contributed by atoms with Crippen LogP contribution in [0.1, 0.15) is 22.7 Å². The predicted octanol–water partition coefficient (Wildman–Crippen LogP) is 4.82. The second-order valence-corrected chi connectivity index (χ2v) is 5.74. The highest BCUT2D eigenvalue weighted by molar-refractivity contribution is 6.29. The van der Waals surface area contributed by atoms with Crippen LogP contribution in [-0.4, -0.2) is 10.2 Å². The van der Waals surface area contributed by atoms with Gasteiger partial charge >= 0.3 is 0 Å². The Labute approximate surface area is 160 Å². The molecule has 1 atom stereocenters. The third-order valence-electron chi connectivity index (χ3n) is 3.48. The number of halogens is 3. The minimum atomic E-state index is -0.569. The Hall–Kier alpha value is -3.35. The highest BCUT2D eigenvalue weighted by atomic mass is 35.5. The molecule has 4 nitrogen and oxygen atoms in total. The molecule has 0 aliphatic carbocycles. The molecule has 0 saturated heterocycles. The first-order chi connectivity index (χ1) is 13.0. The molecule has 3 rings (SSSR count). The first-order valence-corrected chi connectivity index (χ1v) is 8.17. The van der Waals surface area contributed by atoms with Gasteiger partial charge in [-0.1, -0.05) is 35.9 Å². The summed E-state index contributed by atoms with van der Waals surface area (Å²) in [5, 5.41) is 25.2. The summed E-state index contributed by atoms with van der Waals surface area (Å²) in [5.41, 5.74) is 2.01. The molecule has 0 fully saturated rings. The first-order valence-electron chi connectivity index (χ1n) is 7.79. The average Bonchev–Trinajstić information content (AvgIpc) is 2.68. The zero-order valence-electron chi connectivity index (χ0n) is 14.0. The minimum Gasteiger partial charge on any atom is -0.207 e. The lowest BCUT2D eigenvalue weighted by molar-refractivity contribution is 0.626. The van der Waals surface area contributed by atoms with Crippen molar-refractivity contribution in [1.82, 2.24) is 10.2 Å². The molecular formula is C20H13ClF2N4. The first kappa shape index (κ1) is 20.0. The lowest BCUT2D eigenvalue weighted by atomic mass is 9.97. The van der Waals surface area contributed by atoms with E-state index in [-0.39, 0.29) is 16.8 Å². The number of hydrogen-bond donors (Lipinski definition) is 0. The van der Waals surface area contributed by atoms with Crippen LogP contribution in [0.2, 0.25) is 5.15 Å². The van der Waals surface area contributed by atoms with Crippen LogP contribution >= 0.6 is 11.6 Å². The molecule has 134 valence electrons. The number of benzene rings is 2. The molecule has 3 aromatic rings. The molecule has 0 aliphatic heterocycles. The number of rotatable bonds is 3. The molecule has 0 radical (unpaired) electrons. The summed E-state index contributed by atoms with van der Waals surface area (Å²) in [6.07, 6.45) is 0.347. The van der Waals surface area contributed by atoms with Gasteiger partial charge < -0.3 is 0 Å². The molecule has 2 aromatic carbocycles. The fourth-order valence-electron chi connectivity index (χ4n) is 2.14. The Morgan fingerprint density at radius 1 is 0.852 bits per heavy atom. The SMILES string of the molecule is N#CC(c1ccc(F)cc1)c1ccc(Cl)nn1.N#CCc1ccc(F)cc1. The Balaban J connectivity index is 0.000000223. The molecule has 1 heterocycles. The van der Waals surface area contributed by atoms with E-state index in [1.807, 2.05) is 6.07 Å². The van der Waals surface area contributed by atoms with Crippen molar-refractivity contribution in [2.24, 2.45) is 0 Å². The van der Waals surface area contributed by atoms with Crippen LogP contribution in [0.5, 0.6) is 0 Å². The topological polar surface area (TPSA) is 73.4 Å². The summed E-state index contributed by atoms with van der Waals surface area (Å²) in [6.45, 7) is 0. The average molecular weight is 383 g/mol. The van der Waals surface area contributed by atoms with Gasteiger partial charge in [-0.25, -0.2) is 8.78 Å². The van der Waals surface area contributed by atoms with Crippen LogP contribution in [0.3, 0.4) is 0 Å². The minimum absolute atomic E-state index is 0.262. The molecule has 27 heavy (non-hydrogen) atoms. The van der Waals surface area contributed by atoms with Crippen LogP contribution in [0.25, 0.3) is 0 Å². The number of nitrogens with zero attached hydrogens (tertiary/aromatic N) is 4. The van der Waals surface area contributed by atoms with Gasteiger partial charge in [-0.15, -0.1) is 5.10 Å². The molecule has 0 aliphatic rings. The van der Waals surface area contributed by atoms with E-state index in [1.165, 1.54) is 24.3 Å². The Kier molecular flexibility index (Phi) is 7.37. The summed E-state index contributed by atoms with van der Waals surface area (Å²) in [4.78, 5) is 0. The second kappa shape index (κ2) is 9.96. The summed E-state index contributed by atoms with van der Waals surface area (Å²) >= 11 is 5.62. The van der Waals surface area contributed by atoms with Gasteiger partial charge in [0.2, 0.25) is 0 Å². The van der Waals surface area contributed by atoms with E-state index in [4.69, 9.17) is 22.1 Å². The van der Waals surface area contributed by atoms with E-state index < -0.39 is 5.92 Å². The highest BCUT2D eigenvalue weighted by Crippen LogP contribution is 2.22. The van der Waals surface area contributed by atoms with Crippen molar-refractivity contribution in [3.63, 3.8) is 0 Å². The molecule has 0 spiro atoms. The van der Waals surface area contributed by atoms with Crippen molar-refractivity contribution < 1.29 is 8.78 Å². The van der Waals surface area contributed by atoms with Crippen molar-refractivity contribution in [2.75, 3.05) is 0 Å². The van der Waals surface area contributed by atoms with Crippen molar-refractivity contribution >= 4 is 11.6 Å². The Bertz CT molecular complexity index is 898. The lowest BCUT2D eigenvalue weighted by Crippen LogP contribution is -2.02. The fraction of sp³-hybridized carbons (Fsp3) is 0.100. The smallest absolute Gasteiger partial charge is 0.151 e. The van der Waals surface area contributed by atoms with Crippen LogP contribution in [0, 0.1) is 34.3 Å². The van der Waals surface area contributed by atoms with Gasteiger partial charge in [0.15, 0.2) is 5.15 Å². The number of aromatic nitrogens is 2. The van der Waals surface area contributed by atoms with Gasteiger partial charge in [0.05, 0.1) is 24.3 Å². The number of nitriles is 2. The van der Waals surface area contributed by atoms with Crippen LogP contribution in [0.4, 0.5) is 8.78 Å². The maximum atomic E-state index is 12.8. The monoisotopic (exact) mass is 382 g/mol. The van der Waals surface area contributed by atoms with Gasteiger partial charge in [0.1, 0.15) is 17.6 Å². The van der Waals surface area contributed by atoms with E-state index in [0.29, 0.717) is 17.7 Å².